The summed E-state index contributed by atoms with van der Waals surface area (Å²) in [6.07, 6.45) is 3.64. The molecule has 3 aromatic heterocycles. The molecular weight excluding hydrogens is 309 g/mol. The van der Waals surface area contributed by atoms with E-state index >= 15 is 0 Å². The predicted octanol–water partition coefficient (Wildman–Crippen LogP) is 5.22. The third-order valence-corrected chi connectivity index (χ3v) is 4.16. The van der Waals surface area contributed by atoms with Gasteiger partial charge in [0.05, 0.1) is 0 Å². The summed E-state index contributed by atoms with van der Waals surface area (Å²) in [4.78, 5) is 7.37. The van der Waals surface area contributed by atoms with Crippen LogP contribution in [-0.2, 0) is 0 Å². The number of hydrogen-bond donors (Lipinski definition) is 1. The molecule has 0 aliphatic carbocycles. The van der Waals surface area contributed by atoms with E-state index in [9.17, 15) is 3.89 Å². The van der Waals surface area contributed by atoms with Gasteiger partial charge in [0.1, 0.15) is 5.15 Å². The lowest BCUT2D eigenvalue weighted by Crippen LogP contribution is -1.83. The standard InChI is InChI=1S/C15H9ClFN3S/c16-14-4-2-11-12(8-20(21-17)15(11)19-14)9-1-3-13-10(7-9)5-6-18-13/h1-8,18H. The highest BCUT2D eigenvalue weighted by Gasteiger charge is 2.13. The van der Waals surface area contributed by atoms with E-state index < -0.39 is 0 Å². The Morgan fingerprint density at radius 2 is 2.10 bits per heavy atom. The molecule has 0 spiro atoms. The van der Waals surface area contributed by atoms with Crippen LogP contribution in [0.5, 0.6) is 0 Å². The summed E-state index contributed by atoms with van der Waals surface area (Å²) in [5.74, 6) is 0. The maximum Gasteiger partial charge on any atom is 0.171 e. The maximum absolute atomic E-state index is 13.1. The number of pyridine rings is 1. The molecule has 104 valence electrons. The third kappa shape index (κ3) is 2.01. The normalized spacial score (nSPS) is 11.5. The molecule has 0 saturated carbocycles. The van der Waals surface area contributed by atoms with Gasteiger partial charge in [-0.3, -0.25) is 0 Å². The van der Waals surface area contributed by atoms with Crippen molar-refractivity contribution in [1.82, 2.24) is 13.9 Å². The van der Waals surface area contributed by atoms with Crippen LogP contribution in [0.1, 0.15) is 0 Å². The summed E-state index contributed by atoms with van der Waals surface area (Å²) < 4.78 is 14.5. The monoisotopic (exact) mass is 317 g/mol. The zero-order valence-corrected chi connectivity index (χ0v) is 12.2. The zero-order chi connectivity index (χ0) is 14.4. The predicted molar refractivity (Wildman–Crippen MR) is 86.1 cm³/mol. The number of hydrogen-bond acceptors (Lipinski definition) is 2. The van der Waals surface area contributed by atoms with Crippen LogP contribution in [-0.4, -0.2) is 13.9 Å². The Morgan fingerprint density at radius 1 is 1.19 bits per heavy atom. The van der Waals surface area contributed by atoms with Gasteiger partial charge in [0.15, 0.2) is 18.0 Å². The Morgan fingerprint density at radius 3 is 2.95 bits per heavy atom. The SMILES string of the molecule is FSn1cc(-c2ccc3[nH]ccc3c2)c2ccc(Cl)nc21. The van der Waals surface area contributed by atoms with E-state index in [1.54, 1.807) is 12.3 Å². The highest BCUT2D eigenvalue weighted by atomic mass is 35.5. The van der Waals surface area contributed by atoms with E-state index in [4.69, 9.17) is 11.6 Å². The number of aromatic amines is 1. The maximum atomic E-state index is 13.1. The smallest absolute Gasteiger partial charge is 0.171 e. The highest BCUT2D eigenvalue weighted by molar-refractivity contribution is 7.92. The van der Waals surface area contributed by atoms with Gasteiger partial charge in [0, 0.05) is 28.9 Å². The molecule has 0 bridgehead atoms. The second-order valence-corrected chi connectivity index (χ2v) is 5.64. The average Bonchev–Trinajstić information content (AvgIpc) is 3.09. The fraction of sp³-hybridized carbons (Fsp3) is 0. The molecule has 0 unspecified atom stereocenters. The lowest BCUT2D eigenvalue weighted by atomic mass is 10.0. The summed E-state index contributed by atoms with van der Waals surface area (Å²) in [7, 11) is 0. The van der Waals surface area contributed by atoms with Crippen LogP contribution in [0.25, 0.3) is 33.1 Å². The van der Waals surface area contributed by atoms with E-state index in [1.165, 1.54) is 3.97 Å². The second-order valence-electron chi connectivity index (χ2n) is 4.72. The summed E-state index contributed by atoms with van der Waals surface area (Å²) in [6.45, 7) is 0. The third-order valence-electron chi connectivity index (χ3n) is 3.53. The van der Waals surface area contributed by atoms with Crippen molar-refractivity contribution < 1.29 is 3.89 Å². The van der Waals surface area contributed by atoms with Gasteiger partial charge in [0.25, 0.3) is 0 Å². The van der Waals surface area contributed by atoms with E-state index in [2.05, 4.69) is 16.0 Å². The van der Waals surface area contributed by atoms with Gasteiger partial charge in [-0.2, -0.15) is 0 Å². The number of nitrogens with zero attached hydrogens (tertiary/aromatic N) is 2. The first-order valence-corrected chi connectivity index (χ1v) is 7.35. The van der Waals surface area contributed by atoms with Crippen molar-refractivity contribution in [2.24, 2.45) is 0 Å². The van der Waals surface area contributed by atoms with Gasteiger partial charge in [-0.25, -0.2) is 8.96 Å². The number of H-pyrrole nitrogens is 1. The fourth-order valence-electron chi connectivity index (χ4n) is 2.55. The molecule has 0 radical (unpaired) electrons. The number of nitrogens with one attached hydrogen (secondary N) is 1. The minimum atomic E-state index is 0.117. The molecule has 0 atom stereocenters. The lowest BCUT2D eigenvalue weighted by Gasteiger charge is -2.00. The van der Waals surface area contributed by atoms with Crippen molar-refractivity contribution in [2.45, 2.75) is 0 Å². The molecule has 0 aliphatic heterocycles. The van der Waals surface area contributed by atoms with Crippen molar-refractivity contribution in [1.29, 1.82) is 0 Å². The molecule has 6 heteroatoms. The molecule has 0 aliphatic rings. The van der Waals surface area contributed by atoms with Crippen LogP contribution in [0, 0.1) is 0 Å². The van der Waals surface area contributed by atoms with Gasteiger partial charge in [-0.05, 0) is 41.3 Å². The van der Waals surface area contributed by atoms with Crippen LogP contribution >= 0.6 is 23.9 Å². The number of benzene rings is 1. The first-order chi connectivity index (χ1) is 10.3. The highest BCUT2D eigenvalue weighted by Crippen LogP contribution is 2.34. The number of halogens is 2. The van der Waals surface area contributed by atoms with Gasteiger partial charge in [-0.1, -0.05) is 17.7 Å². The lowest BCUT2D eigenvalue weighted by molar-refractivity contribution is 0.919. The first-order valence-electron chi connectivity index (χ1n) is 6.30. The Bertz CT molecular complexity index is 960. The van der Waals surface area contributed by atoms with Crippen molar-refractivity contribution in [3.63, 3.8) is 0 Å². The molecule has 1 aromatic carbocycles. The Labute approximate surface area is 129 Å². The topological polar surface area (TPSA) is 33.6 Å². The number of aromatic nitrogens is 3. The number of fused-ring (bicyclic) bond motifs is 2. The summed E-state index contributed by atoms with van der Waals surface area (Å²) >= 11 is 6.02. The molecule has 0 amide bonds. The zero-order valence-electron chi connectivity index (χ0n) is 10.7. The largest absolute Gasteiger partial charge is 0.361 e. The Balaban J connectivity index is 2.00. The van der Waals surface area contributed by atoms with Gasteiger partial charge >= 0.3 is 0 Å². The quantitative estimate of drug-likeness (QED) is 0.514. The first kappa shape index (κ1) is 12.7. The molecular formula is C15H9ClFN3S. The van der Waals surface area contributed by atoms with Crippen molar-refractivity contribution in [3.8, 4) is 11.1 Å². The molecule has 3 heterocycles. The Kier molecular flexibility index (Phi) is 2.90. The van der Waals surface area contributed by atoms with E-state index in [0.717, 1.165) is 27.4 Å². The van der Waals surface area contributed by atoms with Gasteiger partial charge in [0.2, 0.25) is 0 Å². The van der Waals surface area contributed by atoms with Crippen molar-refractivity contribution >= 4 is 45.9 Å². The number of rotatable bonds is 2. The minimum Gasteiger partial charge on any atom is -0.361 e. The van der Waals surface area contributed by atoms with Gasteiger partial charge in [-0.15, -0.1) is 3.89 Å². The van der Waals surface area contributed by atoms with Crippen LogP contribution in [0.15, 0.2) is 48.8 Å². The van der Waals surface area contributed by atoms with E-state index in [-0.39, 0.29) is 12.3 Å². The van der Waals surface area contributed by atoms with Crippen LogP contribution in [0.2, 0.25) is 5.15 Å². The second kappa shape index (κ2) is 4.79. The van der Waals surface area contributed by atoms with Gasteiger partial charge < -0.3 is 4.98 Å². The van der Waals surface area contributed by atoms with E-state index in [1.807, 2.05) is 30.5 Å². The van der Waals surface area contributed by atoms with E-state index in [0.29, 0.717) is 10.8 Å². The van der Waals surface area contributed by atoms with Crippen molar-refractivity contribution in [3.05, 3.63) is 53.9 Å². The van der Waals surface area contributed by atoms with Crippen LogP contribution in [0.3, 0.4) is 0 Å². The molecule has 4 aromatic rings. The molecule has 3 nitrogen and oxygen atoms in total. The average molecular weight is 318 g/mol. The molecule has 0 saturated heterocycles. The summed E-state index contributed by atoms with van der Waals surface area (Å²) in [5.41, 5.74) is 3.55. The molecule has 4 rings (SSSR count). The summed E-state index contributed by atoms with van der Waals surface area (Å²) in [5, 5.41) is 2.34. The summed E-state index contributed by atoms with van der Waals surface area (Å²) in [6, 6.07) is 11.7. The molecule has 21 heavy (non-hydrogen) atoms. The van der Waals surface area contributed by atoms with Crippen LogP contribution < -0.4 is 0 Å². The van der Waals surface area contributed by atoms with Crippen LogP contribution in [0.4, 0.5) is 3.89 Å². The molecule has 1 N–H and O–H groups in total. The van der Waals surface area contributed by atoms with Crippen molar-refractivity contribution in [2.75, 3.05) is 0 Å². The fourth-order valence-corrected chi connectivity index (χ4v) is 3.05. The minimum absolute atomic E-state index is 0.117. The Hall–Kier alpha value is -1.98. The molecule has 0 fully saturated rings.